The highest BCUT2D eigenvalue weighted by Crippen LogP contribution is 2.27. The molecule has 1 aromatic heterocycles. The number of carboxylic acid groups (broad SMARTS) is 1. The average Bonchev–Trinajstić information content (AvgIpc) is 2.86. The number of oxazole rings is 1. The fourth-order valence-electron chi connectivity index (χ4n) is 1.79. The summed E-state index contributed by atoms with van der Waals surface area (Å²) in [4.78, 5) is 16.3. The molecule has 0 radical (unpaired) electrons. The van der Waals surface area contributed by atoms with Gasteiger partial charge in [0.1, 0.15) is 5.76 Å². The van der Waals surface area contributed by atoms with Crippen molar-refractivity contribution in [2.45, 2.75) is 43.8 Å². The largest absolute Gasteiger partial charge is 0.478 e. The molecule has 0 spiro atoms. The predicted octanol–water partition coefficient (Wildman–Crippen LogP) is 4.27. The molecule has 0 amide bonds. The molecule has 112 valence electrons. The van der Waals surface area contributed by atoms with Crippen LogP contribution in [0.3, 0.4) is 0 Å². The number of benzene rings is 1. The third-order valence-corrected chi connectivity index (χ3v) is 4.07. The second kappa shape index (κ2) is 5.93. The molecule has 0 aliphatic rings. The molecule has 21 heavy (non-hydrogen) atoms. The Morgan fingerprint density at radius 2 is 2.10 bits per heavy atom. The molecule has 0 aliphatic heterocycles. The smallest absolute Gasteiger partial charge is 0.335 e. The highest BCUT2D eigenvalue weighted by atomic mass is 32.2. The summed E-state index contributed by atoms with van der Waals surface area (Å²) in [6, 6.07) is 5.43. The van der Waals surface area contributed by atoms with Gasteiger partial charge in [-0.25, -0.2) is 9.78 Å². The van der Waals surface area contributed by atoms with E-state index < -0.39 is 5.97 Å². The average molecular weight is 305 g/mol. The summed E-state index contributed by atoms with van der Waals surface area (Å²) in [5, 5.41) is 9.13. The van der Waals surface area contributed by atoms with E-state index in [-0.39, 0.29) is 5.41 Å². The lowest BCUT2D eigenvalue weighted by Crippen LogP contribution is -2.09. The van der Waals surface area contributed by atoms with E-state index in [0.29, 0.717) is 17.2 Å². The summed E-state index contributed by atoms with van der Waals surface area (Å²) in [5.74, 6) is 1.19. The van der Waals surface area contributed by atoms with Crippen molar-refractivity contribution in [3.8, 4) is 0 Å². The molecule has 0 saturated carbocycles. The van der Waals surface area contributed by atoms with Gasteiger partial charge in [-0.3, -0.25) is 0 Å². The SMILES string of the molecule is Cc1ccc(SCc2ncc(C(C)(C)C)o2)cc1C(=O)O. The summed E-state index contributed by atoms with van der Waals surface area (Å²) >= 11 is 1.52. The molecule has 1 aromatic carbocycles. The van der Waals surface area contributed by atoms with Gasteiger partial charge in [-0.1, -0.05) is 26.8 Å². The van der Waals surface area contributed by atoms with E-state index in [2.05, 4.69) is 25.8 Å². The van der Waals surface area contributed by atoms with Crippen molar-refractivity contribution in [1.82, 2.24) is 4.98 Å². The zero-order valence-electron chi connectivity index (χ0n) is 12.6. The third kappa shape index (κ3) is 3.88. The Kier molecular flexibility index (Phi) is 4.42. The van der Waals surface area contributed by atoms with Crippen LogP contribution in [0, 0.1) is 6.92 Å². The molecule has 0 fully saturated rings. The zero-order chi connectivity index (χ0) is 15.6. The molecule has 2 aromatic rings. The fraction of sp³-hybridized carbons (Fsp3) is 0.375. The van der Waals surface area contributed by atoms with Crippen LogP contribution in [0.2, 0.25) is 0 Å². The Hall–Kier alpha value is -1.75. The lowest BCUT2D eigenvalue weighted by molar-refractivity contribution is 0.0696. The number of aromatic carboxylic acids is 1. The quantitative estimate of drug-likeness (QED) is 0.855. The molecular formula is C16H19NO3S. The summed E-state index contributed by atoms with van der Waals surface area (Å²) < 4.78 is 5.72. The first-order valence-corrected chi connectivity index (χ1v) is 7.68. The Balaban J connectivity index is 2.08. The van der Waals surface area contributed by atoms with Gasteiger partial charge in [0.2, 0.25) is 5.89 Å². The lowest BCUT2D eigenvalue weighted by Gasteiger charge is -2.13. The first-order chi connectivity index (χ1) is 9.77. The van der Waals surface area contributed by atoms with Crippen LogP contribution in [-0.2, 0) is 11.2 Å². The van der Waals surface area contributed by atoms with E-state index in [1.54, 1.807) is 19.2 Å². The van der Waals surface area contributed by atoms with Crippen molar-refractivity contribution in [3.63, 3.8) is 0 Å². The van der Waals surface area contributed by atoms with Crippen molar-refractivity contribution in [1.29, 1.82) is 0 Å². The Labute approximate surface area is 128 Å². The van der Waals surface area contributed by atoms with Crippen LogP contribution in [0.25, 0.3) is 0 Å². The molecule has 0 aliphatic carbocycles. The van der Waals surface area contributed by atoms with Crippen LogP contribution in [-0.4, -0.2) is 16.1 Å². The van der Waals surface area contributed by atoms with Gasteiger partial charge < -0.3 is 9.52 Å². The Morgan fingerprint density at radius 3 is 2.67 bits per heavy atom. The van der Waals surface area contributed by atoms with Crippen LogP contribution in [0.15, 0.2) is 33.7 Å². The number of aromatic nitrogens is 1. The zero-order valence-corrected chi connectivity index (χ0v) is 13.5. The van der Waals surface area contributed by atoms with Crippen LogP contribution < -0.4 is 0 Å². The number of thioether (sulfide) groups is 1. The van der Waals surface area contributed by atoms with Crippen molar-refractivity contribution < 1.29 is 14.3 Å². The third-order valence-electron chi connectivity index (χ3n) is 3.09. The number of hydrogen-bond acceptors (Lipinski definition) is 4. The number of carboxylic acids is 1. The van der Waals surface area contributed by atoms with Crippen LogP contribution in [0.1, 0.15) is 48.3 Å². The number of hydrogen-bond donors (Lipinski definition) is 1. The summed E-state index contributed by atoms with van der Waals surface area (Å²) in [5.41, 5.74) is 1.04. The van der Waals surface area contributed by atoms with Gasteiger partial charge in [-0.05, 0) is 24.6 Å². The molecule has 4 nitrogen and oxygen atoms in total. The molecular weight excluding hydrogens is 286 g/mol. The van der Waals surface area contributed by atoms with E-state index in [0.717, 1.165) is 16.2 Å². The first kappa shape index (κ1) is 15.6. The fourth-order valence-corrected chi connectivity index (χ4v) is 2.58. The van der Waals surface area contributed by atoms with Gasteiger partial charge in [-0.15, -0.1) is 11.8 Å². The van der Waals surface area contributed by atoms with E-state index >= 15 is 0 Å². The molecule has 0 saturated heterocycles. The van der Waals surface area contributed by atoms with Crippen LogP contribution in [0.4, 0.5) is 0 Å². The van der Waals surface area contributed by atoms with E-state index in [1.165, 1.54) is 11.8 Å². The molecule has 0 atom stereocenters. The van der Waals surface area contributed by atoms with Crippen molar-refractivity contribution in [2.75, 3.05) is 0 Å². The van der Waals surface area contributed by atoms with Crippen LogP contribution in [0.5, 0.6) is 0 Å². The molecule has 0 bridgehead atoms. The van der Waals surface area contributed by atoms with Crippen molar-refractivity contribution in [2.24, 2.45) is 0 Å². The predicted molar refractivity (Wildman–Crippen MR) is 82.9 cm³/mol. The van der Waals surface area contributed by atoms with Gasteiger partial charge in [0.05, 0.1) is 17.5 Å². The molecule has 0 unspecified atom stereocenters. The molecule has 2 rings (SSSR count). The first-order valence-electron chi connectivity index (χ1n) is 6.69. The summed E-state index contributed by atoms with van der Waals surface area (Å²) in [6.45, 7) is 8.01. The second-order valence-corrected chi connectivity index (χ2v) is 6.99. The van der Waals surface area contributed by atoms with Gasteiger partial charge >= 0.3 is 5.97 Å². The maximum absolute atomic E-state index is 11.1. The van der Waals surface area contributed by atoms with E-state index in [9.17, 15) is 4.79 Å². The Morgan fingerprint density at radius 1 is 1.38 bits per heavy atom. The lowest BCUT2D eigenvalue weighted by atomic mass is 9.94. The van der Waals surface area contributed by atoms with E-state index in [4.69, 9.17) is 9.52 Å². The van der Waals surface area contributed by atoms with Gasteiger partial charge in [-0.2, -0.15) is 0 Å². The van der Waals surface area contributed by atoms with Gasteiger partial charge in [0, 0.05) is 10.3 Å². The number of carbonyl (C=O) groups is 1. The Bertz CT molecular complexity index is 656. The van der Waals surface area contributed by atoms with Crippen LogP contribution >= 0.6 is 11.8 Å². The molecule has 5 heteroatoms. The van der Waals surface area contributed by atoms with Gasteiger partial charge in [0.25, 0.3) is 0 Å². The number of rotatable bonds is 4. The summed E-state index contributed by atoms with van der Waals surface area (Å²) in [7, 11) is 0. The number of aryl methyl sites for hydroxylation is 1. The van der Waals surface area contributed by atoms with E-state index in [1.807, 2.05) is 12.1 Å². The second-order valence-electron chi connectivity index (χ2n) is 5.94. The van der Waals surface area contributed by atoms with Crippen molar-refractivity contribution >= 4 is 17.7 Å². The monoisotopic (exact) mass is 305 g/mol. The highest BCUT2D eigenvalue weighted by Gasteiger charge is 2.19. The standard InChI is InChI=1S/C16H19NO3S/c1-10-5-6-11(7-12(10)15(18)19)21-9-14-17-8-13(20-14)16(2,3)4/h5-8H,9H2,1-4H3,(H,18,19). The normalized spacial score (nSPS) is 11.6. The van der Waals surface area contributed by atoms with Crippen molar-refractivity contribution in [3.05, 3.63) is 47.2 Å². The topological polar surface area (TPSA) is 63.3 Å². The minimum atomic E-state index is -0.902. The van der Waals surface area contributed by atoms with Gasteiger partial charge in [0.15, 0.2) is 0 Å². The minimum absolute atomic E-state index is 0.0593. The number of nitrogens with zero attached hydrogens (tertiary/aromatic N) is 1. The summed E-state index contributed by atoms with van der Waals surface area (Å²) in [6.07, 6.45) is 1.76. The highest BCUT2D eigenvalue weighted by molar-refractivity contribution is 7.98. The minimum Gasteiger partial charge on any atom is -0.478 e. The maximum atomic E-state index is 11.1. The molecule has 1 heterocycles. The maximum Gasteiger partial charge on any atom is 0.335 e. The molecule has 1 N–H and O–H groups in total.